The summed E-state index contributed by atoms with van der Waals surface area (Å²) in [7, 11) is 1.87. The van der Waals surface area contributed by atoms with Crippen molar-refractivity contribution in [2.45, 2.75) is 26.2 Å². The molecule has 1 aliphatic rings. The lowest BCUT2D eigenvalue weighted by Gasteiger charge is -2.19. The summed E-state index contributed by atoms with van der Waals surface area (Å²) < 4.78 is 0. The number of carbonyl (C=O) groups is 1. The molecule has 0 saturated carbocycles. The molecule has 3 nitrogen and oxygen atoms in total. The Morgan fingerprint density at radius 2 is 2.33 bits per heavy atom. The van der Waals surface area contributed by atoms with E-state index in [-0.39, 0.29) is 11.8 Å². The van der Waals surface area contributed by atoms with Gasteiger partial charge in [0.15, 0.2) is 0 Å². The standard InChI is InChI=1S/C12H22N2O/c1-10(8-13-2)12(15)14-9-11-6-4-3-5-7-11/h3-4,10-11,13H,5-9H2,1-2H3,(H,14,15). The first-order valence-corrected chi connectivity index (χ1v) is 5.81. The minimum absolute atomic E-state index is 0.0640. The van der Waals surface area contributed by atoms with Gasteiger partial charge in [0.2, 0.25) is 5.91 Å². The lowest BCUT2D eigenvalue weighted by Crippen LogP contribution is -2.37. The normalized spacial score (nSPS) is 22.4. The average Bonchev–Trinajstić information content (AvgIpc) is 2.27. The van der Waals surface area contributed by atoms with E-state index in [0.29, 0.717) is 5.92 Å². The Morgan fingerprint density at radius 3 is 2.93 bits per heavy atom. The van der Waals surface area contributed by atoms with E-state index in [2.05, 4.69) is 22.8 Å². The first-order valence-electron chi connectivity index (χ1n) is 5.81. The highest BCUT2D eigenvalue weighted by atomic mass is 16.1. The number of allylic oxidation sites excluding steroid dienone is 2. The molecule has 2 N–H and O–H groups in total. The third-order valence-corrected chi connectivity index (χ3v) is 2.90. The van der Waals surface area contributed by atoms with Crippen molar-refractivity contribution in [3.8, 4) is 0 Å². The molecule has 0 saturated heterocycles. The molecule has 3 heteroatoms. The molecule has 0 bridgehead atoms. The van der Waals surface area contributed by atoms with Crippen LogP contribution < -0.4 is 10.6 Å². The molecule has 0 spiro atoms. The number of nitrogens with one attached hydrogen (secondary N) is 2. The van der Waals surface area contributed by atoms with Crippen molar-refractivity contribution < 1.29 is 4.79 Å². The molecule has 0 fully saturated rings. The summed E-state index contributed by atoms with van der Waals surface area (Å²) in [6.07, 6.45) is 7.92. The van der Waals surface area contributed by atoms with Crippen LogP contribution >= 0.6 is 0 Å². The van der Waals surface area contributed by atoms with Crippen molar-refractivity contribution in [3.05, 3.63) is 12.2 Å². The van der Waals surface area contributed by atoms with Crippen molar-refractivity contribution in [3.63, 3.8) is 0 Å². The van der Waals surface area contributed by atoms with Gasteiger partial charge in [0.05, 0.1) is 0 Å². The maximum atomic E-state index is 11.6. The van der Waals surface area contributed by atoms with Gasteiger partial charge in [-0.2, -0.15) is 0 Å². The maximum Gasteiger partial charge on any atom is 0.224 e. The third kappa shape index (κ3) is 4.47. The number of hydrogen-bond acceptors (Lipinski definition) is 2. The molecule has 86 valence electrons. The van der Waals surface area contributed by atoms with Crippen molar-refractivity contribution in [1.29, 1.82) is 0 Å². The van der Waals surface area contributed by atoms with Gasteiger partial charge in [-0.1, -0.05) is 19.1 Å². The summed E-state index contributed by atoms with van der Waals surface area (Å²) in [6, 6.07) is 0. The fourth-order valence-corrected chi connectivity index (χ4v) is 1.86. The van der Waals surface area contributed by atoms with Crippen LogP contribution in [-0.2, 0) is 4.79 Å². The molecule has 0 heterocycles. The molecule has 2 unspecified atom stereocenters. The highest BCUT2D eigenvalue weighted by molar-refractivity contribution is 5.78. The Morgan fingerprint density at radius 1 is 1.53 bits per heavy atom. The largest absolute Gasteiger partial charge is 0.356 e. The first kappa shape index (κ1) is 12.2. The Bertz CT molecular complexity index is 226. The fourth-order valence-electron chi connectivity index (χ4n) is 1.86. The van der Waals surface area contributed by atoms with Crippen LogP contribution in [0.15, 0.2) is 12.2 Å². The summed E-state index contributed by atoms with van der Waals surface area (Å²) in [6.45, 7) is 3.53. The molecule has 0 aliphatic heterocycles. The summed E-state index contributed by atoms with van der Waals surface area (Å²) in [4.78, 5) is 11.6. The fraction of sp³-hybridized carbons (Fsp3) is 0.750. The van der Waals surface area contributed by atoms with E-state index in [4.69, 9.17) is 0 Å². The van der Waals surface area contributed by atoms with E-state index in [1.165, 1.54) is 6.42 Å². The Balaban J connectivity index is 2.18. The van der Waals surface area contributed by atoms with Crippen LogP contribution in [0.2, 0.25) is 0 Å². The quantitative estimate of drug-likeness (QED) is 0.672. The van der Waals surface area contributed by atoms with E-state index >= 15 is 0 Å². The zero-order valence-electron chi connectivity index (χ0n) is 9.75. The van der Waals surface area contributed by atoms with Gasteiger partial charge in [-0.15, -0.1) is 0 Å². The van der Waals surface area contributed by atoms with Crippen LogP contribution in [0.25, 0.3) is 0 Å². The average molecular weight is 210 g/mol. The summed E-state index contributed by atoms with van der Waals surface area (Å²) in [5.74, 6) is 0.869. The maximum absolute atomic E-state index is 11.6. The lowest BCUT2D eigenvalue weighted by molar-refractivity contribution is -0.124. The lowest BCUT2D eigenvalue weighted by atomic mass is 9.94. The topological polar surface area (TPSA) is 41.1 Å². The van der Waals surface area contributed by atoms with Crippen molar-refractivity contribution >= 4 is 5.91 Å². The number of amides is 1. The molecule has 0 aromatic carbocycles. The van der Waals surface area contributed by atoms with E-state index in [1.807, 2.05) is 14.0 Å². The van der Waals surface area contributed by atoms with Gasteiger partial charge in [0.25, 0.3) is 0 Å². The third-order valence-electron chi connectivity index (χ3n) is 2.90. The molecule has 0 aromatic rings. The number of rotatable bonds is 5. The van der Waals surface area contributed by atoms with E-state index < -0.39 is 0 Å². The van der Waals surface area contributed by atoms with Crippen LogP contribution in [-0.4, -0.2) is 26.0 Å². The molecular weight excluding hydrogens is 188 g/mol. The second-order valence-corrected chi connectivity index (χ2v) is 4.35. The van der Waals surface area contributed by atoms with E-state index in [9.17, 15) is 4.79 Å². The number of carbonyl (C=O) groups excluding carboxylic acids is 1. The van der Waals surface area contributed by atoms with Gasteiger partial charge >= 0.3 is 0 Å². The highest BCUT2D eigenvalue weighted by Crippen LogP contribution is 2.16. The van der Waals surface area contributed by atoms with Crippen molar-refractivity contribution in [2.24, 2.45) is 11.8 Å². The Kier molecular flexibility index (Phi) is 5.40. The SMILES string of the molecule is CNCC(C)C(=O)NCC1CC=CCC1. The zero-order valence-corrected chi connectivity index (χ0v) is 9.75. The van der Waals surface area contributed by atoms with Crippen molar-refractivity contribution in [2.75, 3.05) is 20.1 Å². The Hall–Kier alpha value is -0.830. The van der Waals surface area contributed by atoms with E-state index in [0.717, 1.165) is 25.9 Å². The van der Waals surface area contributed by atoms with Gasteiger partial charge in [-0.3, -0.25) is 4.79 Å². The predicted octanol–water partition coefficient (Wildman–Crippen LogP) is 1.31. The molecule has 0 aromatic heterocycles. The second kappa shape index (κ2) is 6.62. The van der Waals surface area contributed by atoms with Gasteiger partial charge in [-0.05, 0) is 32.2 Å². The second-order valence-electron chi connectivity index (χ2n) is 4.35. The molecule has 2 atom stereocenters. The first-order chi connectivity index (χ1) is 7.24. The smallest absolute Gasteiger partial charge is 0.224 e. The molecule has 15 heavy (non-hydrogen) atoms. The van der Waals surface area contributed by atoms with Crippen LogP contribution in [0.3, 0.4) is 0 Å². The minimum atomic E-state index is 0.0640. The van der Waals surface area contributed by atoms with E-state index in [1.54, 1.807) is 0 Å². The van der Waals surface area contributed by atoms with Crippen LogP contribution in [0.1, 0.15) is 26.2 Å². The highest BCUT2D eigenvalue weighted by Gasteiger charge is 2.14. The van der Waals surface area contributed by atoms with Gasteiger partial charge < -0.3 is 10.6 Å². The van der Waals surface area contributed by atoms with Crippen LogP contribution in [0.5, 0.6) is 0 Å². The molecule has 1 rings (SSSR count). The zero-order chi connectivity index (χ0) is 11.1. The van der Waals surface area contributed by atoms with Crippen LogP contribution in [0, 0.1) is 11.8 Å². The number of hydrogen-bond donors (Lipinski definition) is 2. The van der Waals surface area contributed by atoms with Gasteiger partial charge in [-0.25, -0.2) is 0 Å². The molecule has 1 amide bonds. The minimum Gasteiger partial charge on any atom is -0.356 e. The molecule has 0 radical (unpaired) electrons. The summed E-state index contributed by atoms with van der Waals surface area (Å²) in [5, 5.41) is 6.04. The summed E-state index contributed by atoms with van der Waals surface area (Å²) in [5.41, 5.74) is 0. The van der Waals surface area contributed by atoms with Gasteiger partial charge in [0, 0.05) is 19.0 Å². The molecular formula is C12H22N2O. The summed E-state index contributed by atoms with van der Waals surface area (Å²) >= 11 is 0. The van der Waals surface area contributed by atoms with Crippen LogP contribution in [0.4, 0.5) is 0 Å². The monoisotopic (exact) mass is 210 g/mol. The predicted molar refractivity (Wildman–Crippen MR) is 62.6 cm³/mol. The Labute approximate surface area is 92.3 Å². The van der Waals surface area contributed by atoms with Crippen molar-refractivity contribution in [1.82, 2.24) is 10.6 Å². The van der Waals surface area contributed by atoms with Gasteiger partial charge in [0.1, 0.15) is 0 Å². The molecule has 1 aliphatic carbocycles.